The molecule has 0 unspecified atom stereocenters. The Hall–Kier alpha value is -1.23. The number of nitrogens with one attached hydrogen (secondary N) is 2. The summed E-state index contributed by atoms with van der Waals surface area (Å²) in [7, 11) is 0. The topological polar surface area (TPSA) is 58.2 Å². The molecule has 88 valence electrons. The van der Waals surface area contributed by atoms with Gasteiger partial charge in [0, 0.05) is 0 Å². The molecule has 2 N–H and O–H groups in total. The molecule has 4 nitrogen and oxygen atoms in total. The molecule has 2 amide bonds. The molecule has 1 rings (SSSR count). The van der Waals surface area contributed by atoms with E-state index in [-0.39, 0.29) is 16.9 Å². The highest BCUT2D eigenvalue weighted by Crippen LogP contribution is 2.31. The standard InChI is InChI=1S/C11H16N2O2S/c1-3-5-7-11(6-4-2)8(14)12-10(16)13-9(11)15/h3,5H,4,6-7H2,1-2H3,(H2,12,13,14,15,16)/b5-3-. The second-order valence-electron chi connectivity index (χ2n) is 3.84. The molecule has 0 aliphatic carbocycles. The predicted molar refractivity (Wildman–Crippen MR) is 65.7 cm³/mol. The normalized spacial score (nSPS) is 19.8. The Balaban J connectivity index is 3.01. The van der Waals surface area contributed by atoms with Gasteiger partial charge in [-0.2, -0.15) is 0 Å². The van der Waals surface area contributed by atoms with Gasteiger partial charge in [0.1, 0.15) is 5.41 Å². The van der Waals surface area contributed by atoms with Gasteiger partial charge in [-0.25, -0.2) is 0 Å². The van der Waals surface area contributed by atoms with E-state index in [9.17, 15) is 9.59 Å². The van der Waals surface area contributed by atoms with Crippen LogP contribution in [0.15, 0.2) is 12.2 Å². The molecule has 0 bridgehead atoms. The van der Waals surface area contributed by atoms with Crippen molar-refractivity contribution in [3.05, 3.63) is 12.2 Å². The largest absolute Gasteiger partial charge is 0.302 e. The second kappa shape index (κ2) is 5.21. The molecule has 0 aromatic heterocycles. The van der Waals surface area contributed by atoms with Crippen LogP contribution < -0.4 is 10.6 Å². The molecular weight excluding hydrogens is 224 g/mol. The summed E-state index contributed by atoms with van der Waals surface area (Å²) in [5, 5.41) is 5.14. The van der Waals surface area contributed by atoms with Gasteiger partial charge < -0.3 is 10.6 Å². The third-order valence-electron chi connectivity index (χ3n) is 2.70. The van der Waals surface area contributed by atoms with Crippen LogP contribution in [0.1, 0.15) is 33.1 Å². The van der Waals surface area contributed by atoms with Crippen molar-refractivity contribution in [3.8, 4) is 0 Å². The molecule has 1 aliphatic rings. The zero-order valence-corrected chi connectivity index (χ0v) is 10.3. The minimum atomic E-state index is -0.996. The van der Waals surface area contributed by atoms with Crippen LogP contribution in [-0.2, 0) is 9.59 Å². The molecule has 5 heteroatoms. The number of carbonyl (C=O) groups excluding carboxylic acids is 2. The number of amides is 2. The molecule has 0 radical (unpaired) electrons. The summed E-state index contributed by atoms with van der Waals surface area (Å²) in [5.74, 6) is -0.581. The fraction of sp³-hybridized carbons (Fsp3) is 0.545. The lowest BCUT2D eigenvalue weighted by Crippen LogP contribution is -2.62. The molecule has 1 saturated heterocycles. The van der Waals surface area contributed by atoms with Gasteiger partial charge in [-0.15, -0.1) is 0 Å². The van der Waals surface area contributed by atoms with Crippen LogP contribution in [0.25, 0.3) is 0 Å². The average molecular weight is 240 g/mol. The van der Waals surface area contributed by atoms with E-state index < -0.39 is 5.41 Å². The lowest BCUT2D eigenvalue weighted by atomic mass is 9.77. The number of hydrogen-bond acceptors (Lipinski definition) is 3. The molecule has 1 aliphatic heterocycles. The van der Waals surface area contributed by atoms with Crippen LogP contribution in [0.4, 0.5) is 0 Å². The average Bonchev–Trinajstić information content (AvgIpc) is 2.22. The quantitative estimate of drug-likeness (QED) is 0.442. The summed E-state index contributed by atoms with van der Waals surface area (Å²) < 4.78 is 0. The van der Waals surface area contributed by atoms with Crippen molar-refractivity contribution in [1.29, 1.82) is 0 Å². The maximum atomic E-state index is 11.9. The van der Waals surface area contributed by atoms with E-state index in [2.05, 4.69) is 10.6 Å². The van der Waals surface area contributed by atoms with Crippen LogP contribution in [0, 0.1) is 5.41 Å². The van der Waals surface area contributed by atoms with E-state index in [1.54, 1.807) is 0 Å². The number of allylic oxidation sites excluding steroid dienone is 2. The van der Waals surface area contributed by atoms with Crippen LogP contribution in [0.2, 0.25) is 0 Å². The number of thiocarbonyl (C=S) groups is 1. The van der Waals surface area contributed by atoms with Gasteiger partial charge in [0.05, 0.1) is 0 Å². The summed E-state index contributed by atoms with van der Waals surface area (Å²) in [4.78, 5) is 23.9. The second-order valence-corrected chi connectivity index (χ2v) is 4.25. The van der Waals surface area contributed by atoms with Crippen LogP contribution in [0.5, 0.6) is 0 Å². The first kappa shape index (κ1) is 12.8. The van der Waals surface area contributed by atoms with Crippen molar-refractivity contribution in [2.45, 2.75) is 33.1 Å². The maximum Gasteiger partial charge on any atom is 0.242 e. The van der Waals surface area contributed by atoms with E-state index in [4.69, 9.17) is 12.2 Å². The smallest absolute Gasteiger partial charge is 0.242 e. The Morgan fingerprint density at radius 2 is 1.88 bits per heavy atom. The van der Waals surface area contributed by atoms with Crippen molar-refractivity contribution in [1.82, 2.24) is 10.6 Å². The molecule has 0 atom stereocenters. The fourth-order valence-corrected chi connectivity index (χ4v) is 2.03. The van der Waals surface area contributed by atoms with E-state index in [0.29, 0.717) is 12.8 Å². The Morgan fingerprint density at radius 3 is 2.31 bits per heavy atom. The summed E-state index contributed by atoms with van der Waals surface area (Å²) in [6, 6.07) is 0. The summed E-state index contributed by atoms with van der Waals surface area (Å²) >= 11 is 4.78. The predicted octanol–water partition coefficient (Wildman–Crippen LogP) is 1.27. The van der Waals surface area contributed by atoms with Gasteiger partial charge in [-0.1, -0.05) is 25.5 Å². The molecule has 16 heavy (non-hydrogen) atoms. The molecule has 0 aromatic rings. The van der Waals surface area contributed by atoms with Gasteiger partial charge in [-0.05, 0) is 32.0 Å². The fourth-order valence-electron chi connectivity index (χ4n) is 1.84. The molecule has 0 spiro atoms. The number of hydrogen-bond donors (Lipinski definition) is 2. The molecule has 1 fully saturated rings. The van der Waals surface area contributed by atoms with E-state index in [0.717, 1.165) is 6.42 Å². The highest BCUT2D eigenvalue weighted by atomic mass is 32.1. The minimum absolute atomic E-state index is 0.0993. The summed E-state index contributed by atoms with van der Waals surface area (Å²) in [5.41, 5.74) is -0.996. The van der Waals surface area contributed by atoms with Crippen molar-refractivity contribution in [2.75, 3.05) is 0 Å². The monoisotopic (exact) mass is 240 g/mol. The third-order valence-corrected chi connectivity index (χ3v) is 2.91. The lowest BCUT2D eigenvalue weighted by Gasteiger charge is -2.34. The molecular formula is C11H16N2O2S. The van der Waals surface area contributed by atoms with Crippen LogP contribution in [0.3, 0.4) is 0 Å². The van der Waals surface area contributed by atoms with Gasteiger partial charge in [-0.3, -0.25) is 9.59 Å². The third kappa shape index (κ3) is 2.29. The van der Waals surface area contributed by atoms with Crippen LogP contribution in [-0.4, -0.2) is 16.9 Å². The lowest BCUT2D eigenvalue weighted by molar-refractivity contribution is -0.144. The van der Waals surface area contributed by atoms with E-state index in [1.165, 1.54) is 0 Å². The molecule has 0 saturated carbocycles. The Morgan fingerprint density at radius 1 is 1.31 bits per heavy atom. The van der Waals surface area contributed by atoms with Crippen molar-refractivity contribution in [3.63, 3.8) is 0 Å². The Kier molecular flexibility index (Phi) is 4.18. The zero-order valence-electron chi connectivity index (χ0n) is 9.50. The van der Waals surface area contributed by atoms with Gasteiger partial charge in [0.25, 0.3) is 0 Å². The van der Waals surface area contributed by atoms with Crippen molar-refractivity contribution >= 4 is 29.1 Å². The van der Waals surface area contributed by atoms with E-state index >= 15 is 0 Å². The highest BCUT2D eigenvalue weighted by Gasteiger charge is 2.47. The Labute approximate surface area is 100 Å². The number of rotatable bonds is 4. The Bertz CT molecular complexity index is 330. The van der Waals surface area contributed by atoms with E-state index in [1.807, 2.05) is 26.0 Å². The van der Waals surface area contributed by atoms with Crippen molar-refractivity contribution < 1.29 is 9.59 Å². The van der Waals surface area contributed by atoms with Crippen molar-refractivity contribution in [2.24, 2.45) is 5.41 Å². The molecule has 0 aromatic carbocycles. The first-order valence-corrected chi connectivity index (χ1v) is 5.75. The summed E-state index contributed by atoms with van der Waals surface area (Å²) in [6.07, 6.45) is 5.38. The molecule has 1 heterocycles. The summed E-state index contributed by atoms with van der Waals surface area (Å²) in [6.45, 7) is 3.81. The van der Waals surface area contributed by atoms with Gasteiger partial charge in [0.2, 0.25) is 11.8 Å². The highest BCUT2D eigenvalue weighted by molar-refractivity contribution is 7.80. The first-order valence-electron chi connectivity index (χ1n) is 5.35. The van der Waals surface area contributed by atoms with Gasteiger partial charge >= 0.3 is 0 Å². The first-order chi connectivity index (χ1) is 7.56. The zero-order chi connectivity index (χ0) is 12.2. The minimum Gasteiger partial charge on any atom is -0.302 e. The number of carbonyl (C=O) groups is 2. The SMILES string of the molecule is C/C=C\CC1(CCC)C(=O)NC(=S)NC1=O. The maximum absolute atomic E-state index is 11.9. The van der Waals surface area contributed by atoms with Crippen LogP contribution >= 0.6 is 12.2 Å². The van der Waals surface area contributed by atoms with Gasteiger partial charge in [0.15, 0.2) is 5.11 Å².